The molecule has 0 bridgehead atoms. The number of hydrogen-bond donors (Lipinski definition) is 2. The van der Waals surface area contributed by atoms with Crippen molar-refractivity contribution in [1.82, 2.24) is 15.5 Å². The van der Waals surface area contributed by atoms with E-state index < -0.39 is 0 Å². The molecule has 0 aromatic rings. The van der Waals surface area contributed by atoms with E-state index in [4.69, 9.17) is 0 Å². The average molecular weight is 253 g/mol. The van der Waals surface area contributed by atoms with Crippen LogP contribution in [0.2, 0.25) is 0 Å². The molecule has 18 heavy (non-hydrogen) atoms. The molecule has 1 unspecified atom stereocenters. The molecular formula is C13H23N3O2. The summed E-state index contributed by atoms with van der Waals surface area (Å²) in [5, 5.41) is 6.04. The number of carbonyl (C=O) groups excluding carboxylic acids is 2. The van der Waals surface area contributed by atoms with Crippen LogP contribution in [-0.2, 0) is 9.59 Å². The van der Waals surface area contributed by atoms with Gasteiger partial charge in [0.2, 0.25) is 11.8 Å². The van der Waals surface area contributed by atoms with Gasteiger partial charge >= 0.3 is 0 Å². The predicted molar refractivity (Wildman–Crippen MR) is 69.0 cm³/mol. The molecule has 2 amide bonds. The Kier molecular flexibility index (Phi) is 4.58. The zero-order valence-corrected chi connectivity index (χ0v) is 11.1. The van der Waals surface area contributed by atoms with Gasteiger partial charge in [0.15, 0.2) is 0 Å². The number of nitrogens with zero attached hydrogens (tertiary/aromatic N) is 1. The lowest BCUT2D eigenvalue weighted by Crippen LogP contribution is -2.49. The second-order valence-electron chi connectivity index (χ2n) is 5.34. The minimum absolute atomic E-state index is 0.0492. The maximum atomic E-state index is 11.8. The number of rotatable bonds is 5. The summed E-state index contributed by atoms with van der Waals surface area (Å²) in [6.45, 7) is 6.07. The van der Waals surface area contributed by atoms with Crippen LogP contribution in [0, 0.1) is 11.8 Å². The Morgan fingerprint density at radius 3 is 2.56 bits per heavy atom. The quantitative estimate of drug-likeness (QED) is 0.723. The van der Waals surface area contributed by atoms with Gasteiger partial charge in [0, 0.05) is 32.0 Å². The minimum atomic E-state index is 0.0492. The van der Waals surface area contributed by atoms with E-state index in [0.717, 1.165) is 39.0 Å². The minimum Gasteiger partial charge on any atom is -0.355 e. The van der Waals surface area contributed by atoms with Gasteiger partial charge in [-0.15, -0.1) is 0 Å². The fourth-order valence-corrected chi connectivity index (χ4v) is 2.46. The number of nitrogens with one attached hydrogen (secondary N) is 2. The van der Waals surface area contributed by atoms with E-state index in [1.54, 1.807) is 0 Å². The topological polar surface area (TPSA) is 61.4 Å². The third kappa shape index (κ3) is 3.22. The van der Waals surface area contributed by atoms with Crippen LogP contribution in [0.5, 0.6) is 0 Å². The molecule has 2 fully saturated rings. The SMILES string of the molecule is CC(C(=O)NCCC(=O)N1CCCC1)C1CNC1. The van der Waals surface area contributed by atoms with Crippen LogP contribution < -0.4 is 10.6 Å². The van der Waals surface area contributed by atoms with Gasteiger partial charge < -0.3 is 15.5 Å². The fraction of sp³-hybridized carbons (Fsp3) is 0.846. The molecule has 0 aliphatic carbocycles. The van der Waals surface area contributed by atoms with Crippen LogP contribution in [-0.4, -0.2) is 49.4 Å². The van der Waals surface area contributed by atoms with Crippen LogP contribution in [0.4, 0.5) is 0 Å². The van der Waals surface area contributed by atoms with Crippen LogP contribution in [0.25, 0.3) is 0 Å². The van der Waals surface area contributed by atoms with Gasteiger partial charge in [0.05, 0.1) is 0 Å². The van der Waals surface area contributed by atoms with Crippen LogP contribution >= 0.6 is 0 Å². The highest BCUT2D eigenvalue weighted by Crippen LogP contribution is 2.15. The van der Waals surface area contributed by atoms with Gasteiger partial charge in [-0.2, -0.15) is 0 Å². The predicted octanol–water partition coefficient (Wildman–Crippen LogP) is -0.0294. The van der Waals surface area contributed by atoms with Gasteiger partial charge in [0.1, 0.15) is 0 Å². The first kappa shape index (κ1) is 13.3. The smallest absolute Gasteiger partial charge is 0.224 e. The maximum absolute atomic E-state index is 11.8. The lowest BCUT2D eigenvalue weighted by Gasteiger charge is -2.31. The highest BCUT2D eigenvalue weighted by Gasteiger charge is 2.28. The average Bonchev–Trinajstić information content (AvgIpc) is 2.79. The van der Waals surface area contributed by atoms with E-state index in [9.17, 15) is 9.59 Å². The monoisotopic (exact) mass is 253 g/mol. The summed E-state index contributed by atoms with van der Waals surface area (Å²) in [6.07, 6.45) is 2.66. The molecule has 5 heteroatoms. The Bertz CT molecular complexity index is 309. The van der Waals surface area contributed by atoms with E-state index in [2.05, 4.69) is 10.6 Å². The van der Waals surface area contributed by atoms with Crippen molar-refractivity contribution < 1.29 is 9.59 Å². The van der Waals surface area contributed by atoms with E-state index in [1.807, 2.05) is 11.8 Å². The first-order valence-electron chi connectivity index (χ1n) is 6.94. The highest BCUT2D eigenvalue weighted by molar-refractivity contribution is 5.80. The number of hydrogen-bond acceptors (Lipinski definition) is 3. The number of likely N-dealkylation sites (tertiary alicyclic amines) is 1. The molecule has 1 atom stereocenters. The van der Waals surface area contributed by atoms with Gasteiger partial charge in [-0.3, -0.25) is 9.59 Å². The van der Waals surface area contributed by atoms with Crippen molar-refractivity contribution in [3.63, 3.8) is 0 Å². The molecule has 2 saturated heterocycles. The lowest BCUT2D eigenvalue weighted by molar-refractivity contribution is -0.130. The molecule has 102 valence electrons. The van der Waals surface area contributed by atoms with Crippen LogP contribution in [0.3, 0.4) is 0 Å². The van der Waals surface area contributed by atoms with Crippen molar-refractivity contribution in [3.05, 3.63) is 0 Å². The third-order valence-electron chi connectivity index (χ3n) is 4.03. The Labute approximate surface area is 108 Å². The first-order chi connectivity index (χ1) is 8.68. The van der Waals surface area contributed by atoms with Crippen molar-refractivity contribution in [3.8, 4) is 0 Å². The zero-order valence-electron chi connectivity index (χ0n) is 11.1. The van der Waals surface area contributed by atoms with Gasteiger partial charge in [-0.05, 0) is 31.8 Å². The second kappa shape index (κ2) is 6.18. The summed E-state index contributed by atoms with van der Waals surface area (Å²) in [6, 6.07) is 0. The summed E-state index contributed by atoms with van der Waals surface area (Å²) in [4.78, 5) is 25.5. The Hall–Kier alpha value is -1.10. The molecule has 0 aromatic heterocycles. The normalized spacial score (nSPS) is 21.5. The fourth-order valence-electron chi connectivity index (χ4n) is 2.46. The number of carbonyl (C=O) groups is 2. The molecular weight excluding hydrogens is 230 g/mol. The van der Waals surface area contributed by atoms with Crippen molar-refractivity contribution in [2.24, 2.45) is 11.8 Å². The molecule has 0 radical (unpaired) electrons. The maximum Gasteiger partial charge on any atom is 0.224 e. The molecule has 2 heterocycles. The van der Waals surface area contributed by atoms with Crippen molar-refractivity contribution in [2.45, 2.75) is 26.2 Å². The molecule has 2 aliphatic rings. The van der Waals surface area contributed by atoms with Gasteiger partial charge in [-0.25, -0.2) is 0 Å². The molecule has 2 rings (SSSR count). The summed E-state index contributed by atoms with van der Waals surface area (Å²) >= 11 is 0. The Morgan fingerprint density at radius 2 is 2.00 bits per heavy atom. The second-order valence-corrected chi connectivity index (χ2v) is 5.34. The highest BCUT2D eigenvalue weighted by atomic mass is 16.2. The van der Waals surface area contributed by atoms with Gasteiger partial charge in [-0.1, -0.05) is 6.92 Å². The van der Waals surface area contributed by atoms with Crippen molar-refractivity contribution >= 4 is 11.8 Å². The van der Waals surface area contributed by atoms with Crippen molar-refractivity contribution in [1.29, 1.82) is 0 Å². The summed E-state index contributed by atoms with van der Waals surface area (Å²) < 4.78 is 0. The lowest BCUT2D eigenvalue weighted by atomic mass is 9.88. The van der Waals surface area contributed by atoms with Crippen LogP contribution in [0.1, 0.15) is 26.2 Å². The van der Waals surface area contributed by atoms with Crippen molar-refractivity contribution in [2.75, 3.05) is 32.7 Å². The number of amides is 2. The van der Waals surface area contributed by atoms with E-state index in [1.165, 1.54) is 0 Å². The molecule has 0 aromatic carbocycles. The summed E-state index contributed by atoms with van der Waals surface area (Å²) in [5.41, 5.74) is 0. The van der Waals surface area contributed by atoms with E-state index in [0.29, 0.717) is 18.9 Å². The molecule has 2 N–H and O–H groups in total. The molecule has 0 saturated carbocycles. The standard InChI is InChI=1S/C13H23N3O2/c1-10(11-8-14-9-11)13(18)15-5-4-12(17)16-6-2-3-7-16/h10-11,14H,2-9H2,1H3,(H,15,18). The van der Waals surface area contributed by atoms with Gasteiger partial charge in [0.25, 0.3) is 0 Å². The largest absolute Gasteiger partial charge is 0.355 e. The summed E-state index contributed by atoms with van der Waals surface area (Å²) in [7, 11) is 0. The third-order valence-corrected chi connectivity index (χ3v) is 4.03. The summed E-state index contributed by atoms with van der Waals surface area (Å²) in [5.74, 6) is 0.758. The van der Waals surface area contributed by atoms with E-state index >= 15 is 0 Å². The Balaban J connectivity index is 1.61. The first-order valence-corrected chi connectivity index (χ1v) is 6.94. The molecule has 0 spiro atoms. The van der Waals surface area contributed by atoms with E-state index in [-0.39, 0.29) is 17.7 Å². The molecule has 5 nitrogen and oxygen atoms in total. The Morgan fingerprint density at radius 1 is 1.33 bits per heavy atom. The zero-order chi connectivity index (χ0) is 13.0. The molecule has 2 aliphatic heterocycles. The van der Waals surface area contributed by atoms with Crippen LogP contribution in [0.15, 0.2) is 0 Å².